The van der Waals surface area contributed by atoms with Crippen LogP contribution in [-0.2, 0) is 14.8 Å². The van der Waals surface area contributed by atoms with Crippen molar-refractivity contribution >= 4 is 16.0 Å². The minimum Gasteiger partial charge on any atom is -0.480 e. The van der Waals surface area contributed by atoms with Crippen molar-refractivity contribution in [3.8, 4) is 0 Å². The van der Waals surface area contributed by atoms with Crippen LogP contribution in [0, 0.1) is 5.92 Å². The third-order valence-corrected chi connectivity index (χ3v) is 5.20. The van der Waals surface area contributed by atoms with Crippen LogP contribution in [0.5, 0.6) is 0 Å². The van der Waals surface area contributed by atoms with Crippen LogP contribution in [0.2, 0.25) is 0 Å². The number of rotatable bonds is 4. The zero-order chi connectivity index (χ0) is 14.8. The van der Waals surface area contributed by atoms with Crippen molar-refractivity contribution in [2.24, 2.45) is 5.92 Å². The lowest BCUT2D eigenvalue weighted by Gasteiger charge is -2.36. The number of hydrogen-bond acceptors (Lipinski definition) is 4. The van der Waals surface area contributed by atoms with Gasteiger partial charge >= 0.3 is 5.97 Å². The van der Waals surface area contributed by atoms with Gasteiger partial charge in [0.15, 0.2) is 0 Å². The summed E-state index contributed by atoms with van der Waals surface area (Å²) in [6, 6.07) is 2.91. The minimum absolute atomic E-state index is 0.0150. The molecule has 0 amide bonds. The van der Waals surface area contributed by atoms with Crippen LogP contribution in [0.15, 0.2) is 29.4 Å². The van der Waals surface area contributed by atoms with Gasteiger partial charge in [0, 0.05) is 12.4 Å². The fourth-order valence-corrected chi connectivity index (χ4v) is 4.07. The van der Waals surface area contributed by atoms with E-state index in [9.17, 15) is 18.3 Å². The molecule has 2 rings (SSSR count). The highest BCUT2D eigenvalue weighted by Crippen LogP contribution is 2.33. The minimum atomic E-state index is -3.88. The average molecular weight is 298 g/mol. The molecule has 20 heavy (non-hydrogen) atoms. The quantitative estimate of drug-likeness (QED) is 0.875. The largest absolute Gasteiger partial charge is 0.480 e. The van der Waals surface area contributed by atoms with E-state index in [1.807, 2.05) is 6.92 Å². The molecule has 0 aliphatic heterocycles. The first-order valence-electron chi connectivity index (χ1n) is 6.53. The molecule has 110 valence electrons. The molecule has 7 heteroatoms. The summed E-state index contributed by atoms with van der Waals surface area (Å²) < 4.78 is 27.0. The number of hydrogen-bond donors (Lipinski definition) is 2. The molecule has 1 heterocycles. The van der Waals surface area contributed by atoms with Crippen molar-refractivity contribution < 1.29 is 18.3 Å². The Bertz CT molecular complexity index is 588. The molecular formula is C13H18N2O4S. The van der Waals surface area contributed by atoms with Crippen molar-refractivity contribution in [3.63, 3.8) is 0 Å². The van der Waals surface area contributed by atoms with E-state index in [4.69, 9.17) is 0 Å². The van der Waals surface area contributed by atoms with Crippen molar-refractivity contribution in [1.82, 2.24) is 9.71 Å². The number of carbonyl (C=O) groups is 1. The van der Waals surface area contributed by atoms with Crippen LogP contribution < -0.4 is 4.72 Å². The first-order valence-corrected chi connectivity index (χ1v) is 8.01. The second-order valence-corrected chi connectivity index (χ2v) is 7.07. The molecule has 0 radical (unpaired) electrons. The molecule has 0 aromatic carbocycles. The highest BCUT2D eigenvalue weighted by atomic mass is 32.2. The van der Waals surface area contributed by atoms with Crippen LogP contribution >= 0.6 is 0 Å². The van der Waals surface area contributed by atoms with Gasteiger partial charge in [-0.25, -0.2) is 8.42 Å². The Balaban J connectivity index is 2.31. The number of carboxylic acids is 1. The number of sulfonamides is 1. The zero-order valence-corrected chi connectivity index (χ0v) is 12.1. The molecular weight excluding hydrogens is 280 g/mol. The zero-order valence-electron chi connectivity index (χ0n) is 11.2. The molecule has 2 atom stereocenters. The van der Waals surface area contributed by atoms with Gasteiger partial charge in [-0.2, -0.15) is 4.72 Å². The molecule has 1 aliphatic rings. The Kier molecular flexibility index (Phi) is 4.10. The second kappa shape index (κ2) is 5.49. The Morgan fingerprint density at radius 1 is 1.55 bits per heavy atom. The van der Waals surface area contributed by atoms with Gasteiger partial charge in [0.05, 0.1) is 0 Å². The molecule has 1 aliphatic carbocycles. The standard InChI is InChI=1S/C13H18N2O4S/c1-10-4-2-6-13(8-10,12(16)17)15-20(18,19)11-5-3-7-14-9-11/h3,5,7,9-10,15H,2,4,6,8H2,1H3,(H,16,17). The van der Waals surface area contributed by atoms with Gasteiger partial charge in [-0.15, -0.1) is 0 Å². The molecule has 6 nitrogen and oxygen atoms in total. The van der Waals surface area contributed by atoms with E-state index in [2.05, 4.69) is 9.71 Å². The fraction of sp³-hybridized carbons (Fsp3) is 0.538. The lowest BCUT2D eigenvalue weighted by atomic mass is 9.77. The van der Waals surface area contributed by atoms with Gasteiger partial charge in [-0.05, 0) is 30.9 Å². The summed E-state index contributed by atoms with van der Waals surface area (Å²) in [5, 5.41) is 9.47. The predicted octanol–water partition coefficient (Wildman–Crippen LogP) is 1.39. The summed E-state index contributed by atoms with van der Waals surface area (Å²) in [6.45, 7) is 1.94. The lowest BCUT2D eigenvalue weighted by Crippen LogP contribution is -2.56. The van der Waals surface area contributed by atoms with Crippen LogP contribution in [0.25, 0.3) is 0 Å². The molecule has 0 spiro atoms. The maximum absolute atomic E-state index is 12.3. The molecule has 1 aromatic heterocycles. The normalized spacial score (nSPS) is 27.1. The van der Waals surface area contributed by atoms with Gasteiger partial charge in [0.1, 0.15) is 10.4 Å². The van der Waals surface area contributed by atoms with Crippen molar-refractivity contribution in [3.05, 3.63) is 24.5 Å². The maximum atomic E-state index is 12.3. The Morgan fingerprint density at radius 2 is 2.30 bits per heavy atom. The number of pyridine rings is 1. The summed E-state index contributed by atoms with van der Waals surface area (Å²) in [6.07, 6.45) is 4.92. The number of aliphatic carboxylic acids is 1. The smallest absolute Gasteiger partial charge is 0.324 e. The number of nitrogens with zero attached hydrogens (tertiary/aromatic N) is 1. The summed E-state index contributed by atoms with van der Waals surface area (Å²) in [7, 11) is -3.88. The van der Waals surface area contributed by atoms with Crippen molar-refractivity contribution in [1.29, 1.82) is 0 Å². The summed E-state index contributed by atoms with van der Waals surface area (Å²) in [4.78, 5) is 15.3. The maximum Gasteiger partial charge on any atom is 0.324 e. The monoisotopic (exact) mass is 298 g/mol. The highest BCUT2D eigenvalue weighted by molar-refractivity contribution is 7.89. The van der Waals surface area contributed by atoms with E-state index in [-0.39, 0.29) is 10.8 Å². The van der Waals surface area contributed by atoms with E-state index in [1.165, 1.54) is 24.5 Å². The Morgan fingerprint density at radius 3 is 2.85 bits per heavy atom. The van der Waals surface area contributed by atoms with Gasteiger partial charge < -0.3 is 5.11 Å². The van der Waals surface area contributed by atoms with E-state index in [0.717, 1.165) is 6.42 Å². The first kappa shape index (κ1) is 14.9. The Hall–Kier alpha value is -1.47. The van der Waals surface area contributed by atoms with Crippen LogP contribution in [0.1, 0.15) is 32.6 Å². The lowest BCUT2D eigenvalue weighted by molar-refractivity contribution is -0.146. The number of carboxylic acid groups (broad SMARTS) is 1. The van der Waals surface area contributed by atoms with Crippen LogP contribution in [0.4, 0.5) is 0 Å². The molecule has 1 fully saturated rings. The molecule has 2 N–H and O–H groups in total. The SMILES string of the molecule is CC1CCCC(NS(=O)(=O)c2cccnc2)(C(=O)O)C1. The van der Waals surface area contributed by atoms with Gasteiger partial charge in [0.2, 0.25) is 10.0 Å². The second-order valence-electron chi connectivity index (χ2n) is 5.38. The highest BCUT2D eigenvalue weighted by Gasteiger charge is 2.45. The summed E-state index contributed by atoms with van der Waals surface area (Å²) in [5.41, 5.74) is -1.41. The topological polar surface area (TPSA) is 96.4 Å². The molecule has 2 unspecified atom stereocenters. The van der Waals surface area contributed by atoms with Gasteiger partial charge in [-0.3, -0.25) is 9.78 Å². The Labute approximate surface area is 118 Å². The van der Waals surface area contributed by atoms with E-state index < -0.39 is 21.5 Å². The third kappa shape index (κ3) is 2.99. The van der Waals surface area contributed by atoms with Crippen LogP contribution in [-0.4, -0.2) is 30.0 Å². The van der Waals surface area contributed by atoms with E-state index in [0.29, 0.717) is 19.3 Å². The number of nitrogens with one attached hydrogen (secondary N) is 1. The average Bonchev–Trinajstić information content (AvgIpc) is 2.39. The number of aromatic nitrogens is 1. The predicted molar refractivity (Wildman–Crippen MR) is 72.6 cm³/mol. The van der Waals surface area contributed by atoms with E-state index in [1.54, 1.807) is 0 Å². The third-order valence-electron chi connectivity index (χ3n) is 3.68. The van der Waals surface area contributed by atoms with Crippen molar-refractivity contribution in [2.45, 2.75) is 43.0 Å². The summed E-state index contributed by atoms with van der Waals surface area (Å²) in [5.74, 6) is -0.937. The molecule has 1 saturated carbocycles. The first-order chi connectivity index (χ1) is 9.36. The molecule has 1 aromatic rings. The fourth-order valence-electron chi connectivity index (χ4n) is 2.70. The molecule has 0 bridgehead atoms. The molecule has 0 saturated heterocycles. The van der Waals surface area contributed by atoms with Crippen molar-refractivity contribution in [2.75, 3.05) is 0 Å². The van der Waals surface area contributed by atoms with Gasteiger partial charge in [-0.1, -0.05) is 19.8 Å². The summed E-state index contributed by atoms with van der Waals surface area (Å²) >= 11 is 0. The van der Waals surface area contributed by atoms with E-state index >= 15 is 0 Å². The van der Waals surface area contributed by atoms with Gasteiger partial charge in [0.25, 0.3) is 0 Å². The van der Waals surface area contributed by atoms with Crippen LogP contribution in [0.3, 0.4) is 0 Å².